The molecule has 1 rings (SSSR count). The van der Waals surface area contributed by atoms with Gasteiger partial charge < -0.3 is 10.5 Å². The fourth-order valence-corrected chi connectivity index (χ4v) is 1.10. The topological polar surface area (TPSA) is 35.2 Å². The molecule has 0 spiro atoms. The molecule has 2 nitrogen and oxygen atoms in total. The molecule has 0 unspecified atom stereocenters. The summed E-state index contributed by atoms with van der Waals surface area (Å²) in [7, 11) is 0. The molecule has 0 aliphatic rings. The molecule has 0 saturated heterocycles. The molecular weight excluding hydrogens is 205 g/mol. The standard InChI is InChI=1S/C10H9ClFNO/c1-2-3-4-14-10-6-8(12)9(13)5-7(10)11/h1,5-6H,3-4,13H2. The van der Waals surface area contributed by atoms with Gasteiger partial charge in [0.2, 0.25) is 0 Å². The van der Waals surface area contributed by atoms with Gasteiger partial charge in [0, 0.05) is 12.5 Å². The minimum absolute atomic E-state index is 0.000648. The van der Waals surface area contributed by atoms with Gasteiger partial charge in [0.15, 0.2) is 0 Å². The SMILES string of the molecule is C#CCCOc1cc(F)c(N)cc1Cl. The van der Waals surface area contributed by atoms with Crippen molar-refractivity contribution in [3.63, 3.8) is 0 Å². The predicted octanol–water partition coefficient (Wildman–Crippen LogP) is 2.46. The first-order valence-corrected chi connectivity index (χ1v) is 4.33. The highest BCUT2D eigenvalue weighted by molar-refractivity contribution is 6.32. The van der Waals surface area contributed by atoms with Crippen molar-refractivity contribution < 1.29 is 9.13 Å². The smallest absolute Gasteiger partial charge is 0.149 e. The van der Waals surface area contributed by atoms with Crippen LogP contribution in [0.2, 0.25) is 5.02 Å². The highest BCUT2D eigenvalue weighted by Gasteiger charge is 2.06. The Kier molecular flexibility index (Phi) is 3.61. The van der Waals surface area contributed by atoms with Crippen molar-refractivity contribution in [3.8, 4) is 18.1 Å². The number of halogens is 2. The number of benzene rings is 1. The second kappa shape index (κ2) is 4.73. The summed E-state index contributed by atoms with van der Waals surface area (Å²) in [6, 6.07) is 2.45. The van der Waals surface area contributed by atoms with Crippen molar-refractivity contribution in [1.82, 2.24) is 0 Å². The van der Waals surface area contributed by atoms with E-state index in [1.165, 1.54) is 6.07 Å². The molecule has 1 aromatic rings. The number of nitrogen functional groups attached to an aromatic ring is 1. The lowest BCUT2D eigenvalue weighted by molar-refractivity contribution is 0.326. The van der Waals surface area contributed by atoms with E-state index in [9.17, 15) is 4.39 Å². The summed E-state index contributed by atoms with van der Waals surface area (Å²) in [4.78, 5) is 0. The number of nitrogens with two attached hydrogens (primary N) is 1. The van der Waals surface area contributed by atoms with Crippen LogP contribution >= 0.6 is 11.6 Å². The predicted molar refractivity (Wildman–Crippen MR) is 54.8 cm³/mol. The Morgan fingerprint density at radius 2 is 2.29 bits per heavy atom. The monoisotopic (exact) mass is 213 g/mol. The van der Waals surface area contributed by atoms with Crippen molar-refractivity contribution >= 4 is 17.3 Å². The molecule has 0 radical (unpaired) electrons. The first-order valence-electron chi connectivity index (χ1n) is 3.96. The Morgan fingerprint density at radius 3 is 2.93 bits per heavy atom. The lowest BCUT2D eigenvalue weighted by atomic mass is 10.3. The van der Waals surface area contributed by atoms with Crippen molar-refractivity contribution in [2.45, 2.75) is 6.42 Å². The van der Waals surface area contributed by atoms with E-state index in [4.69, 9.17) is 28.5 Å². The Hall–Kier alpha value is -1.40. The number of rotatable bonds is 3. The molecule has 0 heterocycles. The van der Waals surface area contributed by atoms with E-state index in [0.717, 1.165) is 6.07 Å². The van der Waals surface area contributed by atoms with Gasteiger partial charge in [0.05, 0.1) is 17.3 Å². The molecule has 74 valence electrons. The van der Waals surface area contributed by atoms with E-state index >= 15 is 0 Å². The van der Waals surface area contributed by atoms with Crippen molar-refractivity contribution in [3.05, 3.63) is 23.0 Å². The summed E-state index contributed by atoms with van der Waals surface area (Å²) in [5, 5.41) is 0.279. The molecule has 4 heteroatoms. The molecule has 0 saturated carbocycles. The van der Waals surface area contributed by atoms with E-state index in [1.54, 1.807) is 0 Å². The maximum atomic E-state index is 13.0. The first-order chi connectivity index (χ1) is 6.65. The van der Waals surface area contributed by atoms with E-state index in [0.29, 0.717) is 13.0 Å². The van der Waals surface area contributed by atoms with Crippen molar-refractivity contribution in [2.24, 2.45) is 0 Å². The van der Waals surface area contributed by atoms with Gasteiger partial charge in [-0.2, -0.15) is 0 Å². The molecule has 2 N–H and O–H groups in total. The Labute approximate surface area is 86.8 Å². The Balaban J connectivity index is 2.78. The second-order valence-corrected chi connectivity index (χ2v) is 3.01. The molecule has 0 fully saturated rings. The summed E-state index contributed by atoms with van der Waals surface area (Å²) >= 11 is 5.76. The number of anilines is 1. The third kappa shape index (κ3) is 2.54. The van der Waals surface area contributed by atoms with Gasteiger partial charge in [-0.15, -0.1) is 12.3 Å². The fraction of sp³-hybridized carbons (Fsp3) is 0.200. The molecule has 0 amide bonds. The molecule has 0 atom stereocenters. The minimum atomic E-state index is -0.551. The van der Waals surface area contributed by atoms with Crippen LogP contribution < -0.4 is 10.5 Å². The summed E-state index contributed by atoms with van der Waals surface area (Å²) in [6.07, 6.45) is 5.47. The zero-order chi connectivity index (χ0) is 10.6. The molecule has 0 aromatic heterocycles. The summed E-state index contributed by atoms with van der Waals surface area (Å²) < 4.78 is 18.1. The number of hydrogen-bond acceptors (Lipinski definition) is 2. The van der Waals surface area contributed by atoms with Gasteiger partial charge in [-0.1, -0.05) is 11.6 Å². The van der Waals surface area contributed by atoms with Crippen LogP contribution in [-0.2, 0) is 0 Å². The van der Waals surface area contributed by atoms with Crippen LogP contribution in [-0.4, -0.2) is 6.61 Å². The average Bonchev–Trinajstić information content (AvgIpc) is 2.14. The Morgan fingerprint density at radius 1 is 1.57 bits per heavy atom. The van der Waals surface area contributed by atoms with Gasteiger partial charge in [0.1, 0.15) is 11.6 Å². The van der Waals surface area contributed by atoms with Gasteiger partial charge in [-0.05, 0) is 6.07 Å². The molecule has 0 bridgehead atoms. The maximum Gasteiger partial charge on any atom is 0.149 e. The summed E-state index contributed by atoms with van der Waals surface area (Å²) in [5.74, 6) is 2.10. The van der Waals surface area contributed by atoms with Crippen LogP contribution in [0.5, 0.6) is 5.75 Å². The molecule has 1 aromatic carbocycles. The number of ether oxygens (including phenoxy) is 1. The van der Waals surface area contributed by atoms with Crippen LogP contribution in [0.25, 0.3) is 0 Å². The minimum Gasteiger partial charge on any atom is -0.491 e. The normalized spacial score (nSPS) is 9.50. The number of hydrogen-bond donors (Lipinski definition) is 1. The molecule has 0 aliphatic heterocycles. The highest BCUT2D eigenvalue weighted by atomic mass is 35.5. The lowest BCUT2D eigenvalue weighted by Crippen LogP contribution is -1.98. The third-order valence-electron chi connectivity index (χ3n) is 1.56. The molecule has 14 heavy (non-hydrogen) atoms. The third-order valence-corrected chi connectivity index (χ3v) is 1.85. The van der Waals surface area contributed by atoms with Crippen LogP contribution in [0.4, 0.5) is 10.1 Å². The average molecular weight is 214 g/mol. The number of terminal acetylenes is 1. The lowest BCUT2D eigenvalue weighted by Gasteiger charge is -2.07. The maximum absolute atomic E-state index is 13.0. The van der Waals surface area contributed by atoms with Crippen molar-refractivity contribution in [1.29, 1.82) is 0 Å². The van der Waals surface area contributed by atoms with E-state index in [-0.39, 0.29) is 16.5 Å². The van der Waals surface area contributed by atoms with Crippen LogP contribution in [0.15, 0.2) is 12.1 Å². The van der Waals surface area contributed by atoms with Gasteiger partial charge in [-0.25, -0.2) is 4.39 Å². The van der Waals surface area contributed by atoms with Crippen LogP contribution in [0.1, 0.15) is 6.42 Å². The van der Waals surface area contributed by atoms with Gasteiger partial charge >= 0.3 is 0 Å². The van der Waals surface area contributed by atoms with Gasteiger partial charge in [-0.3, -0.25) is 0 Å². The van der Waals surface area contributed by atoms with Crippen LogP contribution in [0.3, 0.4) is 0 Å². The zero-order valence-electron chi connectivity index (χ0n) is 7.39. The quantitative estimate of drug-likeness (QED) is 0.476. The summed E-state index contributed by atoms with van der Waals surface area (Å²) in [5.41, 5.74) is 5.30. The van der Waals surface area contributed by atoms with Crippen LogP contribution in [0, 0.1) is 18.2 Å². The summed E-state index contributed by atoms with van der Waals surface area (Å²) in [6.45, 7) is 0.305. The highest BCUT2D eigenvalue weighted by Crippen LogP contribution is 2.28. The second-order valence-electron chi connectivity index (χ2n) is 2.61. The molecular formula is C10H9ClFNO. The molecule has 0 aliphatic carbocycles. The van der Waals surface area contributed by atoms with Crippen molar-refractivity contribution in [2.75, 3.05) is 12.3 Å². The largest absolute Gasteiger partial charge is 0.491 e. The Bertz CT molecular complexity index is 373. The zero-order valence-corrected chi connectivity index (χ0v) is 8.14. The fourth-order valence-electron chi connectivity index (χ4n) is 0.874. The van der Waals surface area contributed by atoms with Gasteiger partial charge in [0.25, 0.3) is 0 Å². The van der Waals surface area contributed by atoms with E-state index in [2.05, 4.69) is 5.92 Å². The van der Waals surface area contributed by atoms with E-state index in [1.807, 2.05) is 0 Å². The first kappa shape index (κ1) is 10.7. The van der Waals surface area contributed by atoms with E-state index < -0.39 is 5.82 Å².